The summed E-state index contributed by atoms with van der Waals surface area (Å²) in [6.45, 7) is 6.47. The van der Waals surface area contributed by atoms with Crippen molar-refractivity contribution in [3.63, 3.8) is 0 Å². The van der Waals surface area contributed by atoms with Crippen LogP contribution in [-0.2, 0) is 4.79 Å². The second kappa shape index (κ2) is 8.97. The maximum absolute atomic E-state index is 11.6. The highest BCUT2D eigenvalue weighted by atomic mass is 16.3. The maximum atomic E-state index is 11.6. The number of carbonyl (C=O) groups is 1. The zero-order valence-corrected chi connectivity index (χ0v) is 9.25. The Bertz CT molecular complexity index is 151. The van der Waals surface area contributed by atoms with Gasteiger partial charge in [0.2, 0.25) is 5.91 Å². The Hall–Kier alpha value is -0.610. The summed E-state index contributed by atoms with van der Waals surface area (Å²) in [7, 11) is 0. The minimum absolute atomic E-state index is 0.0432. The van der Waals surface area contributed by atoms with Crippen molar-refractivity contribution in [3.05, 3.63) is 0 Å². The van der Waals surface area contributed by atoms with E-state index in [-0.39, 0.29) is 12.5 Å². The molecule has 0 atom stereocenters. The fourth-order valence-corrected chi connectivity index (χ4v) is 1.17. The summed E-state index contributed by atoms with van der Waals surface area (Å²) in [6, 6.07) is 0. The highest BCUT2D eigenvalue weighted by Crippen LogP contribution is 1.95. The van der Waals surface area contributed by atoms with Crippen molar-refractivity contribution >= 4 is 5.91 Å². The van der Waals surface area contributed by atoms with Gasteiger partial charge in [-0.1, -0.05) is 20.3 Å². The molecule has 0 aromatic rings. The summed E-state index contributed by atoms with van der Waals surface area (Å²) in [4.78, 5) is 13.3. The molecule has 0 aromatic carbocycles. The number of aliphatic hydroxyl groups excluding tert-OH is 1. The predicted molar refractivity (Wildman–Crippen MR) is 57.1 cm³/mol. The van der Waals surface area contributed by atoms with Gasteiger partial charge < -0.3 is 15.3 Å². The molecule has 0 rings (SSSR count). The SMILES string of the molecule is CCCCN(CCO)C(=O)CNCC. The first-order valence-electron chi connectivity index (χ1n) is 5.35. The highest BCUT2D eigenvalue weighted by Gasteiger charge is 2.10. The lowest BCUT2D eigenvalue weighted by atomic mass is 10.3. The van der Waals surface area contributed by atoms with Crippen LogP contribution in [0.3, 0.4) is 0 Å². The van der Waals surface area contributed by atoms with Crippen LogP contribution in [0.1, 0.15) is 26.7 Å². The number of nitrogens with one attached hydrogen (secondary N) is 1. The molecule has 2 N–H and O–H groups in total. The molecular formula is C10H22N2O2. The molecule has 4 nitrogen and oxygen atoms in total. The summed E-state index contributed by atoms with van der Waals surface area (Å²) in [5.74, 6) is 0.0781. The molecule has 0 saturated heterocycles. The normalized spacial score (nSPS) is 10.2. The molecule has 1 amide bonds. The summed E-state index contributed by atoms with van der Waals surface area (Å²) < 4.78 is 0. The van der Waals surface area contributed by atoms with E-state index in [0.717, 1.165) is 25.9 Å². The standard InChI is InChI=1S/C10H22N2O2/c1-3-5-6-12(7-8-13)10(14)9-11-4-2/h11,13H,3-9H2,1-2H3. The van der Waals surface area contributed by atoms with Crippen LogP contribution in [0.5, 0.6) is 0 Å². The lowest BCUT2D eigenvalue weighted by molar-refractivity contribution is -0.130. The Morgan fingerprint density at radius 2 is 2.07 bits per heavy atom. The Morgan fingerprint density at radius 3 is 2.57 bits per heavy atom. The fourth-order valence-electron chi connectivity index (χ4n) is 1.17. The van der Waals surface area contributed by atoms with Gasteiger partial charge in [0.15, 0.2) is 0 Å². The fraction of sp³-hybridized carbons (Fsp3) is 0.900. The summed E-state index contributed by atoms with van der Waals surface area (Å²) >= 11 is 0. The van der Waals surface area contributed by atoms with E-state index in [0.29, 0.717) is 13.1 Å². The van der Waals surface area contributed by atoms with E-state index in [1.54, 1.807) is 4.90 Å². The van der Waals surface area contributed by atoms with Gasteiger partial charge in [-0.2, -0.15) is 0 Å². The summed E-state index contributed by atoms with van der Waals surface area (Å²) in [5, 5.41) is 11.8. The van der Waals surface area contributed by atoms with Crippen molar-refractivity contribution < 1.29 is 9.90 Å². The third-order valence-corrected chi connectivity index (χ3v) is 2.03. The zero-order chi connectivity index (χ0) is 10.8. The Labute approximate surface area is 86.3 Å². The number of hydrogen-bond acceptors (Lipinski definition) is 3. The molecule has 0 bridgehead atoms. The minimum Gasteiger partial charge on any atom is -0.395 e. The van der Waals surface area contributed by atoms with Crippen LogP contribution < -0.4 is 5.32 Å². The summed E-state index contributed by atoms with van der Waals surface area (Å²) in [6.07, 6.45) is 2.06. The number of aliphatic hydroxyl groups is 1. The first-order valence-corrected chi connectivity index (χ1v) is 5.35. The molecule has 4 heteroatoms. The number of hydrogen-bond donors (Lipinski definition) is 2. The monoisotopic (exact) mass is 202 g/mol. The number of nitrogens with zero attached hydrogens (tertiary/aromatic N) is 1. The Morgan fingerprint density at radius 1 is 1.36 bits per heavy atom. The topological polar surface area (TPSA) is 52.6 Å². The molecule has 0 heterocycles. The van der Waals surface area contributed by atoms with Crippen molar-refractivity contribution in [1.29, 1.82) is 0 Å². The van der Waals surface area contributed by atoms with Gasteiger partial charge in [0.1, 0.15) is 0 Å². The molecule has 14 heavy (non-hydrogen) atoms. The van der Waals surface area contributed by atoms with Crippen LogP contribution in [0.2, 0.25) is 0 Å². The van der Waals surface area contributed by atoms with Crippen molar-refractivity contribution in [2.75, 3.05) is 32.8 Å². The molecule has 0 radical (unpaired) electrons. The molecule has 0 aliphatic rings. The van der Waals surface area contributed by atoms with E-state index >= 15 is 0 Å². The van der Waals surface area contributed by atoms with Gasteiger partial charge in [-0.3, -0.25) is 4.79 Å². The van der Waals surface area contributed by atoms with Crippen LogP contribution in [0.25, 0.3) is 0 Å². The molecule has 0 saturated carbocycles. The van der Waals surface area contributed by atoms with E-state index in [2.05, 4.69) is 12.2 Å². The average Bonchev–Trinajstić information content (AvgIpc) is 2.20. The van der Waals surface area contributed by atoms with Gasteiger partial charge in [-0.15, -0.1) is 0 Å². The van der Waals surface area contributed by atoms with Gasteiger partial charge in [0.05, 0.1) is 13.2 Å². The van der Waals surface area contributed by atoms with Crippen LogP contribution in [0, 0.1) is 0 Å². The summed E-state index contributed by atoms with van der Waals surface area (Å²) in [5.41, 5.74) is 0. The lowest BCUT2D eigenvalue weighted by Crippen LogP contribution is -2.40. The Kier molecular flexibility index (Phi) is 8.57. The van der Waals surface area contributed by atoms with E-state index in [1.807, 2.05) is 6.92 Å². The van der Waals surface area contributed by atoms with E-state index in [9.17, 15) is 4.79 Å². The second-order valence-corrected chi connectivity index (χ2v) is 3.24. The van der Waals surface area contributed by atoms with E-state index in [1.165, 1.54) is 0 Å². The largest absolute Gasteiger partial charge is 0.395 e. The van der Waals surface area contributed by atoms with Crippen molar-refractivity contribution in [1.82, 2.24) is 10.2 Å². The number of rotatable bonds is 8. The number of unbranched alkanes of at least 4 members (excludes halogenated alkanes) is 1. The van der Waals surface area contributed by atoms with Crippen molar-refractivity contribution in [2.45, 2.75) is 26.7 Å². The smallest absolute Gasteiger partial charge is 0.236 e. The van der Waals surface area contributed by atoms with Crippen LogP contribution in [-0.4, -0.2) is 48.7 Å². The van der Waals surface area contributed by atoms with Gasteiger partial charge in [-0.05, 0) is 13.0 Å². The van der Waals surface area contributed by atoms with E-state index in [4.69, 9.17) is 5.11 Å². The molecule has 0 aromatic heterocycles. The molecule has 0 aliphatic heterocycles. The predicted octanol–water partition coefficient (Wildman–Crippen LogP) is 0.217. The van der Waals surface area contributed by atoms with Crippen LogP contribution in [0.4, 0.5) is 0 Å². The van der Waals surface area contributed by atoms with Crippen LogP contribution in [0.15, 0.2) is 0 Å². The molecule has 0 spiro atoms. The van der Waals surface area contributed by atoms with Crippen molar-refractivity contribution in [2.24, 2.45) is 0 Å². The van der Waals surface area contributed by atoms with E-state index < -0.39 is 0 Å². The maximum Gasteiger partial charge on any atom is 0.236 e. The third-order valence-electron chi connectivity index (χ3n) is 2.03. The lowest BCUT2D eigenvalue weighted by Gasteiger charge is -2.21. The van der Waals surface area contributed by atoms with Gasteiger partial charge >= 0.3 is 0 Å². The average molecular weight is 202 g/mol. The molecule has 0 unspecified atom stereocenters. The molecule has 84 valence electrons. The number of amides is 1. The number of likely N-dealkylation sites (N-methyl/N-ethyl adjacent to an activating group) is 1. The van der Waals surface area contributed by atoms with Gasteiger partial charge in [-0.25, -0.2) is 0 Å². The zero-order valence-electron chi connectivity index (χ0n) is 9.25. The van der Waals surface area contributed by atoms with Crippen LogP contribution >= 0.6 is 0 Å². The minimum atomic E-state index is 0.0432. The van der Waals surface area contributed by atoms with Gasteiger partial charge in [0.25, 0.3) is 0 Å². The van der Waals surface area contributed by atoms with Gasteiger partial charge in [0, 0.05) is 13.1 Å². The highest BCUT2D eigenvalue weighted by molar-refractivity contribution is 5.78. The first-order chi connectivity index (χ1) is 6.76. The molecule has 0 aliphatic carbocycles. The Balaban J connectivity index is 3.84. The first kappa shape index (κ1) is 13.4. The molecular weight excluding hydrogens is 180 g/mol. The van der Waals surface area contributed by atoms with Crippen molar-refractivity contribution in [3.8, 4) is 0 Å². The quantitative estimate of drug-likeness (QED) is 0.592. The number of carbonyl (C=O) groups excluding carboxylic acids is 1. The molecule has 0 fully saturated rings. The third kappa shape index (κ3) is 5.94. The second-order valence-electron chi connectivity index (χ2n) is 3.24.